The summed E-state index contributed by atoms with van der Waals surface area (Å²) in [5, 5.41) is 4.23. The molecule has 1 aliphatic heterocycles. The predicted molar refractivity (Wildman–Crippen MR) is 116 cm³/mol. The number of benzene rings is 2. The Morgan fingerprint density at radius 3 is 2.34 bits per heavy atom. The molecule has 4 heteroatoms. The highest BCUT2D eigenvalue weighted by atomic mass is 16.2. The van der Waals surface area contributed by atoms with Gasteiger partial charge in [0.25, 0.3) is 5.91 Å². The molecule has 1 aliphatic rings. The molecule has 0 radical (unpaired) electrons. The van der Waals surface area contributed by atoms with Crippen LogP contribution in [0.25, 0.3) is 0 Å². The largest absolute Gasteiger partial charge is 0.339 e. The van der Waals surface area contributed by atoms with Crippen LogP contribution in [-0.4, -0.2) is 33.7 Å². The first-order valence-electron chi connectivity index (χ1n) is 10.6. The fraction of sp³-hybridized carbons (Fsp3) is 0.360. The second-order valence-corrected chi connectivity index (χ2v) is 8.16. The second-order valence-electron chi connectivity index (χ2n) is 8.16. The molecule has 0 unspecified atom stereocenters. The second kappa shape index (κ2) is 9.08. The van der Waals surface area contributed by atoms with Crippen LogP contribution in [0.1, 0.15) is 46.3 Å². The lowest BCUT2D eigenvalue weighted by Crippen LogP contribution is -2.38. The Labute approximate surface area is 173 Å². The Morgan fingerprint density at radius 1 is 1.00 bits per heavy atom. The number of carbonyl (C=O) groups is 1. The molecule has 150 valence electrons. The number of rotatable bonds is 6. The molecule has 3 aromatic rings. The van der Waals surface area contributed by atoms with E-state index in [9.17, 15) is 4.79 Å². The van der Waals surface area contributed by atoms with Crippen LogP contribution in [-0.2, 0) is 13.0 Å². The zero-order chi connectivity index (χ0) is 20.1. The van der Waals surface area contributed by atoms with Gasteiger partial charge in [-0.3, -0.25) is 9.48 Å². The highest BCUT2D eigenvalue weighted by Crippen LogP contribution is 2.24. The van der Waals surface area contributed by atoms with E-state index in [1.54, 1.807) is 6.20 Å². The van der Waals surface area contributed by atoms with Gasteiger partial charge in [-0.25, -0.2) is 0 Å². The van der Waals surface area contributed by atoms with Gasteiger partial charge in [0.2, 0.25) is 0 Å². The Hall–Kier alpha value is -2.88. The van der Waals surface area contributed by atoms with Crippen LogP contribution in [0.15, 0.2) is 67.0 Å². The van der Waals surface area contributed by atoms with Crippen LogP contribution in [0.2, 0.25) is 0 Å². The highest BCUT2D eigenvalue weighted by Gasteiger charge is 2.23. The number of hydrogen-bond acceptors (Lipinski definition) is 2. The van der Waals surface area contributed by atoms with Crippen LogP contribution in [0.4, 0.5) is 0 Å². The maximum atomic E-state index is 12.9. The van der Waals surface area contributed by atoms with Gasteiger partial charge in [-0.1, -0.05) is 42.0 Å². The third kappa shape index (κ3) is 5.14. The van der Waals surface area contributed by atoms with Gasteiger partial charge < -0.3 is 4.90 Å². The average molecular weight is 388 g/mol. The summed E-state index contributed by atoms with van der Waals surface area (Å²) in [5.74, 6) is 0.879. The molecule has 2 heterocycles. The minimum absolute atomic E-state index is 0.160. The topological polar surface area (TPSA) is 38.1 Å². The average Bonchev–Trinajstić information content (AvgIpc) is 3.27. The molecule has 1 amide bonds. The van der Waals surface area contributed by atoms with E-state index in [0.29, 0.717) is 0 Å². The minimum Gasteiger partial charge on any atom is -0.339 e. The molecule has 0 atom stereocenters. The van der Waals surface area contributed by atoms with Crippen molar-refractivity contribution < 1.29 is 4.79 Å². The van der Waals surface area contributed by atoms with E-state index in [1.807, 2.05) is 46.1 Å². The van der Waals surface area contributed by atoms with Crippen LogP contribution in [0.5, 0.6) is 0 Å². The Morgan fingerprint density at radius 2 is 1.69 bits per heavy atom. The number of aromatic nitrogens is 2. The standard InChI is InChI=1S/C25H29N3O/c1-20-3-5-21(6-4-20)7-8-22-13-17-27(18-14-22)25(29)24-11-9-23(10-12-24)19-28-16-2-15-26-28/h2-6,9-12,15-16,22H,7-8,13-14,17-19H2,1H3. The summed E-state index contributed by atoms with van der Waals surface area (Å²) in [6.07, 6.45) is 8.29. The van der Waals surface area contributed by atoms with Crippen LogP contribution < -0.4 is 0 Å². The van der Waals surface area contributed by atoms with E-state index in [0.717, 1.165) is 55.9 Å². The molecular formula is C25H29N3O. The maximum Gasteiger partial charge on any atom is 0.253 e. The number of carbonyl (C=O) groups excluding carboxylic acids is 1. The fourth-order valence-electron chi connectivity index (χ4n) is 4.07. The zero-order valence-corrected chi connectivity index (χ0v) is 17.1. The van der Waals surface area contributed by atoms with Crippen LogP contribution >= 0.6 is 0 Å². The lowest BCUT2D eigenvalue weighted by atomic mass is 9.90. The SMILES string of the molecule is Cc1ccc(CCC2CCN(C(=O)c3ccc(Cn4cccn4)cc3)CC2)cc1. The molecule has 1 fully saturated rings. The first kappa shape index (κ1) is 19.4. The summed E-state index contributed by atoms with van der Waals surface area (Å²) in [4.78, 5) is 14.9. The minimum atomic E-state index is 0.160. The highest BCUT2D eigenvalue weighted by molar-refractivity contribution is 5.94. The third-order valence-corrected chi connectivity index (χ3v) is 5.97. The molecule has 1 saturated heterocycles. The number of amides is 1. The Bertz CT molecular complexity index is 906. The smallest absolute Gasteiger partial charge is 0.253 e. The monoisotopic (exact) mass is 387 g/mol. The van der Waals surface area contributed by atoms with Gasteiger partial charge >= 0.3 is 0 Å². The number of nitrogens with zero attached hydrogens (tertiary/aromatic N) is 3. The molecule has 1 aromatic heterocycles. The molecule has 0 bridgehead atoms. The van der Waals surface area contributed by atoms with Crippen molar-refractivity contribution in [1.82, 2.24) is 14.7 Å². The molecule has 2 aromatic carbocycles. The summed E-state index contributed by atoms with van der Waals surface area (Å²) < 4.78 is 1.89. The maximum absolute atomic E-state index is 12.9. The van der Waals surface area contributed by atoms with Crippen molar-refractivity contribution in [3.63, 3.8) is 0 Å². The predicted octanol–water partition coefficient (Wildman–Crippen LogP) is 4.72. The first-order chi connectivity index (χ1) is 14.2. The van der Waals surface area contributed by atoms with Gasteiger partial charge in [-0.2, -0.15) is 5.10 Å². The number of hydrogen-bond donors (Lipinski definition) is 0. The fourth-order valence-corrected chi connectivity index (χ4v) is 4.07. The molecule has 29 heavy (non-hydrogen) atoms. The van der Waals surface area contributed by atoms with Crippen molar-refractivity contribution in [2.75, 3.05) is 13.1 Å². The molecule has 4 nitrogen and oxygen atoms in total. The normalized spacial score (nSPS) is 14.9. The lowest BCUT2D eigenvalue weighted by Gasteiger charge is -2.32. The van der Waals surface area contributed by atoms with Gasteiger partial charge in [0, 0.05) is 31.0 Å². The summed E-state index contributed by atoms with van der Waals surface area (Å²) in [5.41, 5.74) is 4.67. The quantitative estimate of drug-likeness (QED) is 0.613. The van der Waals surface area contributed by atoms with Crippen molar-refractivity contribution in [1.29, 1.82) is 0 Å². The van der Waals surface area contributed by atoms with Crippen molar-refractivity contribution in [2.24, 2.45) is 5.92 Å². The summed E-state index contributed by atoms with van der Waals surface area (Å²) in [7, 11) is 0. The number of piperidine rings is 1. The Kier molecular flexibility index (Phi) is 6.09. The van der Waals surface area contributed by atoms with Crippen LogP contribution in [0, 0.1) is 12.8 Å². The van der Waals surface area contributed by atoms with E-state index in [4.69, 9.17) is 0 Å². The van der Waals surface area contributed by atoms with Crippen molar-refractivity contribution in [3.8, 4) is 0 Å². The molecule has 0 spiro atoms. The van der Waals surface area contributed by atoms with Crippen molar-refractivity contribution >= 4 is 5.91 Å². The number of likely N-dealkylation sites (tertiary alicyclic amines) is 1. The zero-order valence-electron chi connectivity index (χ0n) is 17.1. The van der Waals surface area contributed by atoms with E-state index in [2.05, 4.69) is 36.3 Å². The summed E-state index contributed by atoms with van der Waals surface area (Å²) in [6.45, 7) is 4.59. The molecule has 0 N–H and O–H groups in total. The first-order valence-corrected chi connectivity index (χ1v) is 10.6. The number of aryl methyl sites for hydroxylation is 2. The van der Waals surface area contributed by atoms with E-state index < -0.39 is 0 Å². The molecular weight excluding hydrogens is 358 g/mol. The van der Waals surface area contributed by atoms with E-state index >= 15 is 0 Å². The van der Waals surface area contributed by atoms with Gasteiger partial charge in [0.1, 0.15) is 0 Å². The van der Waals surface area contributed by atoms with Gasteiger partial charge in [-0.05, 0) is 67.9 Å². The van der Waals surface area contributed by atoms with Gasteiger partial charge in [0.15, 0.2) is 0 Å². The Balaban J connectivity index is 1.25. The van der Waals surface area contributed by atoms with E-state index in [-0.39, 0.29) is 5.91 Å². The van der Waals surface area contributed by atoms with Crippen LogP contribution in [0.3, 0.4) is 0 Å². The molecule has 0 saturated carbocycles. The van der Waals surface area contributed by atoms with Crippen molar-refractivity contribution in [2.45, 2.75) is 39.2 Å². The van der Waals surface area contributed by atoms with Crippen molar-refractivity contribution in [3.05, 3.63) is 89.2 Å². The summed E-state index contributed by atoms with van der Waals surface area (Å²) in [6, 6.07) is 18.7. The van der Waals surface area contributed by atoms with Gasteiger partial charge in [-0.15, -0.1) is 0 Å². The molecule has 0 aliphatic carbocycles. The third-order valence-electron chi connectivity index (χ3n) is 5.97. The summed E-state index contributed by atoms with van der Waals surface area (Å²) >= 11 is 0. The molecule has 4 rings (SSSR count). The van der Waals surface area contributed by atoms with E-state index in [1.165, 1.54) is 17.5 Å². The lowest BCUT2D eigenvalue weighted by molar-refractivity contribution is 0.0687. The van der Waals surface area contributed by atoms with Gasteiger partial charge in [0.05, 0.1) is 6.54 Å².